The van der Waals surface area contributed by atoms with E-state index in [1.54, 1.807) is 36.8 Å². The Hall–Kier alpha value is -3.56. The number of anilines is 1. The van der Waals surface area contributed by atoms with Crippen molar-refractivity contribution < 1.29 is 14.3 Å². The van der Waals surface area contributed by atoms with Crippen molar-refractivity contribution in [3.05, 3.63) is 87.8 Å². The molecule has 1 aliphatic carbocycles. The van der Waals surface area contributed by atoms with Crippen LogP contribution >= 0.6 is 11.6 Å². The SMILES string of the molecule is N#Cc1ccc(N2N=C3c4ccc(C(=O)O)cc4CC[C@H]3[C@H]2c2ccoc2)cc1Cl. The van der Waals surface area contributed by atoms with Crippen molar-refractivity contribution in [3.63, 3.8) is 0 Å². The zero-order valence-electron chi connectivity index (χ0n) is 15.7. The van der Waals surface area contributed by atoms with Gasteiger partial charge in [0, 0.05) is 17.0 Å². The second kappa shape index (κ2) is 7.05. The number of nitrogens with zero attached hydrogens (tertiary/aromatic N) is 3. The van der Waals surface area contributed by atoms with Crippen molar-refractivity contribution >= 4 is 29.0 Å². The zero-order chi connectivity index (χ0) is 20.8. The summed E-state index contributed by atoms with van der Waals surface area (Å²) in [5, 5.41) is 25.8. The van der Waals surface area contributed by atoms with Crippen molar-refractivity contribution in [2.45, 2.75) is 18.9 Å². The average molecular weight is 418 g/mol. The molecule has 2 aromatic carbocycles. The van der Waals surface area contributed by atoms with Crippen LogP contribution in [-0.2, 0) is 6.42 Å². The van der Waals surface area contributed by atoms with Crippen molar-refractivity contribution in [2.75, 3.05) is 5.01 Å². The second-order valence-corrected chi connectivity index (χ2v) is 7.84. The van der Waals surface area contributed by atoms with Gasteiger partial charge in [-0.25, -0.2) is 4.79 Å². The summed E-state index contributed by atoms with van der Waals surface area (Å²) in [6, 6.07) is 14.4. The lowest BCUT2D eigenvalue weighted by molar-refractivity contribution is 0.0696. The van der Waals surface area contributed by atoms with Crippen LogP contribution in [0.25, 0.3) is 0 Å². The lowest BCUT2D eigenvalue weighted by Crippen LogP contribution is -2.28. The van der Waals surface area contributed by atoms with Gasteiger partial charge >= 0.3 is 5.97 Å². The maximum atomic E-state index is 11.4. The third-order valence-corrected chi connectivity index (χ3v) is 6.10. The van der Waals surface area contributed by atoms with Crippen LogP contribution in [0.4, 0.5) is 5.69 Å². The van der Waals surface area contributed by atoms with Gasteiger partial charge < -0.3 is 9.52 Å². The molecule has 0 saturated heterocycles. The predicted molar refractivity (Wildman–Crippen MR) is 112 cm³/mol. The molecule has 0 spiro atoms. The Morgan fingerprint density at radius 2 is 2.13 bits per heavy atom. The maximum absolute atomic E-state index is 11.4. The number of carbonyl (C=O) groups is 1. The first-order chi connectivity index (χ1) is 14.6. The highest BCUT2D eigenvalue weighted by Crippen LogP contribution is 2.46. The molecule has 148 valence electrons. The molecule has 0 amide bonds. The van der Waals surface area contributed by atoms with E-state index in [4.69, 9.17) is 21.1 Å². The Morgan fingerprint density at radius 1 is 1.27 bits per heavy atom. The Balaban J connectivity index is 1.63. The normalized spacial score (nSPS) is 19.6. The summed E-state index contributed by atoms with van der Waals surface area (Å²) < 4.78 is 5.35. The molecule has 3 aromatic rings. The fourth-order valence-corrected chi connectivity index (χ4v) is 4.60. The van der Waals surface area contributed by atoms with E-state index in [0.29, 0.717) is 10.6 Å². The summed E-state index contributed by atoms with van der Waals surface area (Å²) in [4.78, 5) is 11.4. The van der Waals surface area contributed by atoms with Gasteiger partial charge in [-0.05, 0) is 54.8 Å². The number of carboxylic acid groups (broad SMARTS) is 1. The second-order valence-electron chi connectivity index (χ2n) is 7.43. The quantitative estimate of drug-likeness (QED) is 0.645. The summed E-state index contributed by atoms with van der Waals surface area (Å²) in [5.41, 5.74) is 5.40. The van der Waals surface area contributed by atoms with Gasteiger partial charge in [0.1, 0.15) is 6.07 Å². The molecule has 6 nitrogen and oxygen atoms in total. The number of rotatable bonds is 3. The van der Waals surface area contributed by atoms with E-state index in [1.807, 2.05) is 23.2 Å². The molecule has 1 N–H and O–H groups in total. The molecule has 2 atom stereocenters. The molecule has 1 aliphatic heterocycles. The number of hydrogen-bond donors (Lipinski definition) is 1. The van der Waals surface area contributed by atoms with E-state index in [-0.39, 0.29) is 17.5 Å². The maximum Gasteiger partial charge on any atom is 0.335 e. The van der Waals surface area contributed by atoms with Crippen LogP contribution in [0.5, 0.6) is 0 Å². The van der Waals surface area contributed by atoms with Gasteiger partial charge in [0.15, 0.2) is 0 Å². The van der Waals surface area contributed by atoms with Gasteiger partial charge in [-0.1, -0.05) is 17.7 Å². The van der Waals surface area contributed by atoms with Crippen molar-refractivity contribution in [2.24, 2.45) is 11.0 Å². The van der Waals surface area contributed by atoms with E-state index < -0.39 is 5.97 Å². The molecule has 30 heavy (non-hydrogen) atoms. The topological polar surface area (TPSA) is 89.8 Å². The number of benzene rings is 2. The van der Waals surface area contributed by atoms with Crippen LogP contribution in [0, 0.1) is 17.2 Å². The Morgan fingerprint density at radius 3 is 2.83 bits per heavy atom. The molecule has 2 aliphatic rings. The van der Waals surface area contributed by atoms with Gasteiger partial charge in [-0.15, -0.1) is 0 Å². The predicted octanol–water partition coefficient (Wildman–Crippen LogP) is 5.03. The molecular formula is C23H16ClN3O3. The average Bonchev–Trinajstić information content (AvgIpc) is 3.40. The highest BCUT2D eigenvalue weighted by molar-refractivity contribution is 6.32. The van der Waals surface area contributed by atoms with Gasteiger partial charge in [-0.3, -0.25) is 5.01 Å². The van der Waals surface area contributed by atoms with E-state index in [1.165, 1.54) is 0 Å². The largest absolute Gasteiger partial charge is 0.478 e. The summed E-state index contributed by atoms with van der Waals surface area (Å²) in [7, 11) is 0. The van der Waals surface area contributed by atoms with E-state index in [2.05, 4.69) is 6.07 Å². The lowest BCUT2D eigenvalue weighted by Gasteiger charge is -2.29. The van der Waals surface area contributed by atoms with Crippen molar-refractivity contribution in [1.82, 2.24) is 0 Å². The molecule has 5 rings (SSSR count). The molecular weight excluding hydrogens is 402 g/mol. The monoisotopic (exact) mass is 417 g/mol. The van der Waals surface area contributed by atoms with Crippen molar-refractivity contribution in [1.29, 1.82) is 5.26 Å². The van der Waals surface area contributed by atoms with Gasteiger partial charge in [0.05, 0.1) is 46.1 Å². The molecule has 0 radical (unpaired) electrons. The number of hydrazone groups is 1. The van der Waals surface area contributed by atoms with E-state index in [0.717, 1.165) is 40.9 Å². The molecule has 0 saturated carbocycles. The van der Waals surface area contributed by atoms with Gasteiger partial charge in [-0.2, -0.15) is 10.4 Å². The molecule has 2 heterocycles. The molecule has 7 heteroatoms. The molecule has 1 aromatic heterocycles. The Kier molecular flexibility index (Phi) is 4.34. The minimum atomic E-state index is -0.932. The first kappa shape index (κ1) is 18.5. The van der Waals surface area contributed by atoms with E-state index >= 15 is 0 Å². The first-order valence-corrected chi connectivity index (χ1v) is 9.90. The molecule has 0 bridgehead atoms. The van der Waals surface area contributed by atoms with Crippen LogP contribution in [0.1, 0.15) is 45.1 Å². The number of aromatic carboxylic acids is 1. The Labute approximate surface area is 177 Å². The summed E-state index contributed by atoms with van der Waals surface area (Å²) in [6.07, 6.45) is 4.99. The number of aryl methyl sites for hydroxylation is 1. The first-order valence-electron chi connectivity index (χ1n) is 9.53. The third-order valence-electron chi connectivity index (χ3n) is 5.79. The zero-order valence-corrected chi connectivity index (χ0v) is 16.5. The third kappa shape index (κ3) is 2.87. The van der Waals surface area contributed by atoms with Gasteiger partial charge in [0.25, 0.3) is 0 Å². The van der Waals surface area contributed by atoms with Gasteiger partial charge in [0.2, 0.25) is 0 Å². The summed E-state index contributed by atoms with van der Waals surface area (Å²) >= 11 is 6.29. The minimum absolute atomic E-state index is 0.0740. The Bertz CT molecular complexity index is 1230. The van der Waals surface area contributed by atoms with Crippen LogP contribution in [0.15, 0.2) is 64.5 Å². The minimum Gasteiger partial charge on any atom is -0.478 e. The smallest absolute Gasteiger partial charge is 0.335 e. The lowest BCUT2D eigenvalue weighted by atomic mass is 9.77. The highest BCUT2D eigenvalue weighted by Gasteiger charge is 2.42. The summed E-state index contributed by atoms with van der Waals surface area (Å²) in [5.74, 6) is -0.807. The molecule has 0 unspecified atom stereocenters. The van der Waals surface area contributed by atoms with Crippen molar-refractivity contribution in [3.8, 4) is 6.07 Å². The number of carboxylic acids is 1. The number of fused-ring (bicyclic) bond motifs is 3. The number of furan rings is 1. The standard InChI is InChI=1S/C23H16ClN3O3/c24-20-10-17(4-1-15(20)11-25)27-22(16-7-8-30-12-16)19-6-2-13-9-14(23(28)29)3-5-18(13)21(19)26-27/h1,3-5,7-10,12,19,22H,2,6H2,(H,28,29)/t19-,22-/m1/s1. The highest BCUT2D eigenvalue weighted by atomic mass is 35.5. The fraction of sp³-hybridized carbons (Fsp3) is 0.174. The number of halogens is 1. The van der Waals surface area contributed by atoms with Crippen LogP contribution in [0.2, 0.25) is 5.02 Å². The van der Waals surface area contributed by atoms with E-state index in [9.17, 15) is 15.2 Å². The molecule has 0 fully saturated rings. The van der Waals surface area contributed by atoms with Crippen LogP contribution < -0.4 is 5.01 Å². The fourth-order valence-electron chi connectivity index (χ4n) is 4.39. The van der Waals surface area contributed by atoms with Crippen LogP contribution in [-0.4, -0.2) is 16.8 Å². The number of hydrogen-bond acceptors (Lipinski definition) is 5. The van der Waals surface area contributed by atoms with Crippen LogP contribution in [0.3, 0.4) is 0 Å². The number of nitriles is 1. The summed E-state index contributed by atoms with van der Waals surface area (Å²) in [6.45, 7) is 0.